The molecular formula is C25H26N4O2. The molecule has 6 N–H and O–H groups in total. The molecule has 0 saturated heterocycles. The van der Waals surface area contributed by atoms with Gasteiger partial charge in [0.25, 0.3) is 0 Å². The van der Waals surface area contributed by atoms with E-state index in [1.807, 2.05) is 30.3 Å². The number of nitrogens with two attached hydrogens (primary N) is 2. The average Bonchev–Trinajstić information content (AvgIpc) is 2.82. The van der Waals surface area contributed by atoms with Gasteiger partial charge in [-0.3, -0.25) is 20.7 Å². The van der Waals surface area contributed by atoms with Crippen LogP contribution in [0, 0.1) is 0 Å². The van der Waals surface area contributed by atoms with Gasteiger partial charge in [0.1, 0.15) is 5.69 Å². The van der Waals surface area contributed by atoms with E-state index >= 15 is 0 Å². The van der Waals surface area contributed by atoms with Gasteiger partial charge in [0.05, 0.1) is 6.04 Å². The number of nitrogens with one attached hydrogen (secondary N) is 2. The first-order valence-electron chi connectivity index (χ1n) is 9.98. The Morgan fingerprint density at radius 1 is 0.742 bits per heavy atom. The maximum atomic E-state index is 10.2. The first-order chi connectivity index (χ1) is 15.0. The van der Waals surface area contributed by atoms with Gasteiger partial charge in [0.2, 0.25) is 10.9 Å². The molecule has 0 aliphatic heterocycles. The monoisotopic (exact) mass is 414 g/mol. The minimum absolute atomic E-state index is 0.106. The highest BCUT2D eigenvalue weighted by Crippen LogP contribution is 2.27. The van der Waals surface area contributed by atoms with Crippen molar-refractivity contribution in [2.75, 3.05) is 11.2 Å². The van der Waals surface area contributed by atoms with Gasteiger partial charge in [-0.15, -0.1) is 0 Å². The smallest absolute Gasteiger partial charge is 0.250 e. The zero-order valence-electron chi connectivity index (χ0n) is 17.3. The van der Waals surface area contributed by atoms with E-state index in [0.717, 1.165) is 11.8 Å². The van der Waals surface area contributed by atoms with Crippen molar-refractivity contribution in [2.45, 2.75) is 19.0 Å². The molecule has 0 fully saturated rings. The van der Waals surface area contributed by atoms with E-state index in [1.165, 1.54) is 16.7 Å². The second kappa shape index (κ2) is 10.3. The first-order valence-corrected chi connectivity index (χ1v) is 9.98. The van der Waals surface area contributed by atoms with E-state index in [-0.39, 0.29) is 17.8 Å². The summed E-state index contributed by atoms with van der Waals surface area (Å²) < 4.78 is 0. The summed E-state index contributed by atoms with van der Waals surface area (Å²) in [6.07, 6.45) is 0. The summed E-state index contributed by atoms with van der Waals surface area (Å²) in [4.78, 5) is 20.3. The van der Waals surface area contributed by atoms with Gasteiger partial charge in [-0.2, -0.15) is 0 Å². The summed E-state index contributed by atoms with van der Waals surface area (Å²) >= 11 is 0. The number of nitrogen functional groups attached to an aromatic ring is 2. The number of hydrazine groups is 1. The maximum absolute atomic E-state index is 10.2. The van der Waals surface area contributed by atoms with Gasteiger partial charge in [-0.1, -0.05) is 72.8 Å². The summed E-state index contributed by atoms with van der Waals surface area (Å²) in [5, 5.41) is 3.74. The summed E-state index contributed by atoms with van der Waals surface area (Å²) in [5.74, 6) is 4.80. The molecule has 6 heteroatoms. The number of hydrogen-bond acceptors (Lipinski definition) is 6. The fourth-order valence-electron chi connectivity index (χ4n) is 3.28. The molecule has 0 aromatic heterocycles. The Kier molecular flexibility index (Phi) is 7.32. The Morgan fingerprint density at radius 3 is 1.81 bits per heavy atom. The zero-order chi connectivity index (χ0) is 22.2. The van der Waals surface area contributed by atoms with E-state index in [0.29, 0.717) is 0 Å². The predicted molar refractivity (Wildman–Crippen MR) is 126 cm³/mol. The van der Waals surface area contributed by atoms with Crippen LogP contribution in [0.4, 0.5) is 11.4 Å². The fourth-order valence-corrected chi connectivity index (χ4v) is 3.28. The molecule has 4 rings (SSSR count). The molecule has 0 aliphatic rings. The third-order valence-corrected chi connectivity index (χ3v) is 4.99. The maximum Gasteiger partial charge on any atom is 0.250 e. The quantitative estimate of drug-likeness (QED) is 0.167. The molecule has 0 saturated carbocycles. The molecule has 0 heterocycles. The third-order valence-electron chi connectivity index (χ3n) is 4.99. The number of benzene rings is 3. The Balaban J connectivity index is 0.000000287. The highest BCUT2D eigenvalue weighted by Gasteiger charge is 2.17. The Labute approximate surface area is 181 Å². The molecule has 158 valence electrons. The minimum atomic E-state index is -0.535. The summed E-state index contributed by atoms with van der Waals surface area (Å²) in [5.41, 5.74) is 11.7. The van der Waals surface area contributed by atoms with Crippen molar-refractivity contribution in [3.05, 3.63) is 128 Å². The van der Waals surface area contributed by atoms with Crippen LogP contribution in [0.15, 0.2) is 101 Å². The highest BCUT2D eigenvalue weighted by atomic mass is 16.2. The number of hydrogen-bond donors (Lipinski definition) is 4. The lowest BCUT2D eigenvalue weighted by Gasteiger charge is -2.25. The summed E-state index contributed by atoms with van der Waals surface area (Å²) in [6.45, 7) is 2.19. The molecule has 0 bridgehead atoms. The normalized spacial score (nSPS) is 12.5. The average molecular weight is 415 g/mol. The lowest BCUT2D eigenvalue weighted by Crippen LogP contribution is -2.34. The second-order valence-electron chi connectivity index (χ2n) is 7.21. The molecule has 0 spiro atoms. The van der Waals surface area contributed by atoms with Crippen molar-refractivity contribution in [3.8, 4) is 0 Å². The van der Waals surface area contributed by atoms with Crippen molar-refractivity contribution in [1.29, 1.82) is 0 Å². The van der Waals surface area contributed by atoms with Crippen LogP contribution in [-0.2, 0) is 0 Å². The largest absolute Gasteiger partial charge is 0.399 e. The van der Waals surface area contributed by atoms with Crippen molar-refractivity contribution < 1.29 is 0 Å². The molecule has 4 aromatic carbocycles. The summed E-state index contributed by atoms with van der Waals surface area (Å²) in [6, 6.07) is 30.6. The van der Waals surface area contributed by atoms with Crippen molar-refractivity contribution in [1.82, 2.24) is 5.32 Å². The SMILES string of the molecule is C[C@H](NC(c1ccccc1)c1cccc(N)c1)c1ccccc1.NNc1cc(=O)c1=O. The lowest BCUT2D eigenvalue weighted by molar-refractivity contribution is 0.516. The van der Waals surface area contributed by atoms with Crippen LogP contribution in [0.5, 0.6) is 0 Å². The Morgan fingerprint density at radius 2 is 1.32 bits per heavy atom. The molecule has 1 unspecified atom stereocenters. The van der Waals surface area contributed by atoms with Crippen molar-refractivity contribution >= 4 is 11.4 Å². The van der Waals surface area contributed by atoms with Crippen LogP contribution in [0.2, 0.25) is 0 Å². The molecule has 6 nitrogen and oxygen atoms in total. The lowest BCUT2D eigenvalue weighted by atomic mass is 9.96. The minimum Gasteiger partial charge on any atom is -0.399 e. The van der Waals surface area contributed by atoms with E-state index in [2.05, 4.69) is 72.3 Å². The Bertz CT molecular complexity index is 1170. The molecule has 2 atom stereocenters. The number of rotatable bonds is 6. The zero-order valence-corrected chi connectivity index (χ0v) is 17.3. The third kappa shape index (κ3) is 5.66. The predicted octanol–water partition coefficient (Wildman–Crippen LogP) is 3.28. The van der Waals surface area contributed by atoms with Crippen molar-refractivity contribution in [2.24, 2.45) is 5.84 Å². The van der Waals surface area contributed by atoms with Crippen LogP contribution in [-0.4, -0.2) is 0 Å². The molecule has 4 aromatic rings. The topological polar surface area (TPSA) is 110 Å². The fraction of sp³-hybridized carbons (Fsp3) is 0.120. The van der Waals surface area contributed by atoms with E-state index in [1.54, 1.807) is 0 Å². The van der Waals surface area contributed by atoms with Crippen LogP contribution in [0.1, 0.15) is 35.7 Å². The van der Waals surface area contributed by atoms with Crippen LogP contribution in [0.25, 0.3) is 0 Å². The second-order valence-corrected chi connectivity index (χ2v) is 7.21. The van der Waals surface area contributed by atoms with Gasteiger partial charge in [-0.05, 0) is 35.7 Å². The van der Waals surface area contributed by atoms with Gasteiger partial charge in [0, 0.05) is 17.8 Å². The Hall–Kier alpha value is -3.74. The van der Waals surface area contributed by atoms with E-state index < -0.39 is 10.9 Å². The molecular weight excluding hydrogens is 388 g/mol. The molecule has 0 aliphatic carbocycles. The van der Waals surface area contributed by atoms with Crippen molar-refractivity contribution in [3.63, 3.8) is 0 Å². The first kappa shape index (κ1) is 22.0. The van der Waals surface area contributed by atoms with Gasteiger partial charge in [-0.25, -0.2) is 0 Å². The van der Waals surface area contributed by atoms with Crippen LogP contribution in [0.3, 0.4) is 0 Å². The number of anilines is 2. The highest BCUT2D eigenvalue weighted by molar-refractivity contribution is 5.46. The van der Waals surface area contributed by atoms with E-state index in [9.17, 15) is 9.59 Å². The summed E-state index contributed by atoms with van der Waals surface area (Å²) in [7, 11) is 0. The molecule has 0 radical (unpaired) electrons. The molecule has 0 amide bonds. The molecule has 31 heavy (non-hydrogen) atoms. The van der Waals surface area contributed by atoms with Gasteiger partial charge in [0.15, 0.2) is 0 Å². The van der Waals surface area contributed by atoms with Crippen LogP contribution < -0.4 is 33.2 Å². The van der Waals surface area contributed by atoms with Crippen LogP contribution >= 0.6 is 0 Å². The van der Waals surface area contributed by atoms with Gasteiger partial charge < -0.3 is 11.2 Å². The van der Waals surface area contributed by atoms with E-state index in [4.69, 9.17) is 11.6 Å². The van der Waals surface area contributed by atoms with Gasteiger partial charge >= 0.3 is 0 Å². The standard InChI is InChI=1S/C21H22N2.C4H4N2O2/c1-16(17-9-4-2-5-10-17)23-21(18-11-6-3-7-12-18)19-13-8-14-20(22)15-19;5-6-2-1-3(7)4(2)8/h2-16,21,23H,22H2,1H3;1,6H,5H2/t16-,21?;/m0./s1.